The molecule has 0 saturated heterocycles. The molecule has 1 N–H and O–H groups in total. The van der Waals surface area contributed by atoms with E-state index in [1.165, 1.54) is 16.7 Å². The Kier molecular flexibility index (Phi) is 2.20. The third-order valence-electron chi connectivity index (χ3n) is 5.25. The van der Waals surface area contributed by atoms with Crippen molar-refractivity contribution >= 4 is 0 Å². The van der Waals surface area contributed by atoms with Crippen LogP contribution in [-0.4, -0.2) is 36.0 Å². The van der Waals surface area contributed by atoms with Crippen molar-refractivity contribution < 1.29 is 14.6 Å². The van der Waals surface area contributed by atoms with Gasteiger partial charge in [-0.2, -0.15) is 0 Å². The lowest BCUT2D eigenvalue weighted by molar-refractivity contribution is 0.0771. The number of ether oxygens (including phenoxy) is 2. The molecule has 4 nitrogen and oxygen atoms in total. The summed E-state index contributed by atoms with van der Waals surface area (Å²) in [5, 5.41) is 10.2. The summed E-state index contributed by atoms with van der Waals surface area (Å²) in [6.07, 6.45) is 7.65. The van der Waals surface area contributed by atoms with E-state index in [0.29, 0.717) is 6.79 Å². The molecule has 1 aromatic carbocycles. The fourth-order valence-electron chi connectivity index (χ4n) is 4.30. The summed E-state index contributed by atoms with van der Waals surface area (Å²) in [5.74, 6) is 1.69. The molecule has 4 aliphatic rings. The van der Waals surface area contributed by atoms with Crippen LogP contribution in [0.4, 0.5) is 0 Å². The summed E-state index contributed by atoms with van der Waals surface area (Å²) < 4.78 is 11.1. The average Bonchev–Trinajstić information content (AvgIpc) is 3.08. The number of aliphatic hydroxyl groups is 1. The first-order valence-corrected chi connectivity index (χ1v) is 7.52. The van der Waals surface area contributed by atoms with Gasteiger partial charge in [-0.25, -0.2) is 0 Å². The second kappa shape index (κ2) is 3.90. The van der Waals surface area contributed by atoms with Gasteiger partial charge in [-0.3, -0.25) is 4.90 Å². The third-order valence-corrected chi connectivity index (χ3v) is 5.25. The summed E-state index contributed by atoms with van der Waals surface area (Å²) in [6.45, 7) is 2.29. The van der Waals surface area contributed by atoms with Crippen LogP contribution in [0, 0.1) is 0 Å². The minimum atomic E-state index is -0.390. The fourth-order valence-corrected chi connectivity index (χ4v) is 4.30. The normalized spacial score (nSPS) is 32.4. The van der Waals surface area contributed by atoms with Crippen molar-refractivity contribution in [3.8, 4) is 11.5 Å². The van der Waals surface area contributed by atoms with E-state index in [1.807, 2.05) is 6.08 Å². The molecular weight excluding hydrogens is 266 g/mol. The van der Waals surface area contributed by atoms with E-state index in [9.17, 15) is 5.11 Å². The lowest BCUT2D eigenvalue weighted by Crippen LogP contribution is -2.51. The van der Waals surface area contributed by atoms with Gasteiger partial charge in [-0.05, 0) is 35.3 Å². The van der Waals surface area contributed by atoms with Crippen LogP contribution in [0.15, 0.2) is 35.9 Å². The van der Waals surface area contributed by atoms with Gasteiger partial charge in [0.25, 0.3) is 0 Å². The highest BCUT2D eigenvalue weighted by Crippen LogP contribution is 2.52. The van der Waals surface area contributed by atoms with Crippen LogP contribution in [0.3, 0.4) is 0 Å². The molecule has 1 aliphatic carbocycles. The fraction of sp³-hybridized carbons (Fsp3) is 0.412. The second-order valence-electron chi connectivity index (χ2n) is 6.21. The van der Waals surface area contributed by atoms with E-state index in [0.717, 1.165) is 37.4 Å². The summed E-state index contributed by atoms with van der Waals surface area (Å²) >= 11 is 0. The Morgan fingerprint density at radius 1 is 1.24 bits per heavy atom. The van der Waals surface area contributed by atoms with Crippen LogP contribution in [-0.2, 0) is 12.0 Å². The van der Waals surface area contributed by atoms with Gasteiger partial charge in [-0.1, -0.05) is 18.2 Å². The van der Waals surface area contributed by atoms with Gasteiger partial charge in [-0.15, -0.1) is 0 Å². The molecule has 0 saturated carbocycles. The average molecular weight is 283 g/mol. The van der Waals surface area contributed by atoms with Gasteiger partial charge in [0.2, 0.25) is 6.79 Å². The zero-order chi connectivity index (χ0) is 14.0. The SMILES string of the molecule is O[C@@H]1C=CC2=CCN3CCc4cc5c(cc4[C@]23C1)OCO5. The van der Waals surface area contributed by atoms with Crippen molar-refractivity contribution in [2.45, 2.75) is 24.5 Å². The molecule has 0 bridgehead atoms. The maximum absolute atomic E-state index is 10.2. The van der Waals surface area contributed by atoms with Crippen molar-refractivity contribution in [1.29, 1.82) is 0 Å². The van der Waals surface area contributed by atoms with Crippen LogP contribution < -0.4 is 9.47 Å². The first kappa shape index (κ1) is 11.8. The molecule has 0 unspecified atom stereocenters. The lowest BCUT2D eigenvalue weighted by atomic mass is 9.71. The number of fused-ring (bicyclic) bond motifs is 2. The molecule has 4 heteroatoms. The molecule has 2 atom stereocenters. The smallest absolute Gasteiger partial charge is 0.231 e. The van der Waals surface area contributed by atoms with Gasteiger partial charge in [0.1, 0.15) is 0 Å². The van der Waals surface area contributed by atoms with Gasteiger partial charge >= 0.3 is 0 Å². The molecule has 0 aromatic heterocycles. The van der Waals surface area contributed by atoms with Gasteiger partial charge < -0.3 is 14.6 Å². The zero-order valence-corrected chi connectivity index (χ0v) is 11.7. The van der Waals surface area contributed by atoms with Crippen LogP contribution in [0.1, 0.15) is 17.5 Å². The molecular formula is C17H17NO3. The van der Waals surface area contributed by atoms with Crippen LogP contribution >= 0.6 is 0 Å². The van der Waals surface area contributed by atoms with E-state index in [2.05, 4.69) is 29.2 Å². The highest BCUT2D eigenvalue weighted by molar-refractivity contribution is 5.58. The van der Waals surface area contributed by atoms with E-state index >= 15 is 0 Å². The van der Waals surface area contributed by atoms with E-state index in [1.54, 1.807) is 0 Å². The molecule has 0 radical (unpaired) electrons. The Labute approximate surface area is 123 Å². The maximum atomic E-state index is 10.2. The minimum Gasteiger partial charge on any atom is -0.454 e. The zero-order valence-electron chi connectivity index (χ0n) is 11.7. The number of rotatable bonds is 0. The van der Waals surface area contributed by atoms with Gasteiger partial charge in [0.15, 0.2) is 11.5 Å². The third kappa shape index (κ3) is 1.41. The largest absolute Gasteiger partial charge is 0.454 e. The standard InChI is InChI=1S/C17H17NO3/c19-13-2-1-12-4-6-18-5-3-11-7-15-16(21-10-20-15)8-14(11)17(12,18)9-13/h1-2,4,7-8,13,19H,3,5-6,9-10H2/t13-,17+/m1/s1. The highest BCUT2D eigenvalue weighted by atomic mass is 16.7. The molecule has 5 rings (SSSR count). The number of hydrogen-bond acceptors (Lipinski definition) is 4. The number of hydrogen-bond donors (Lipinski definition) is 1. The van der Waals surface area contributed by atoms with Crippen molar-refractivity contribution in [3.05, 3.63) is 47.1 Å². The number of aliphatic hydroxyl groups excluding tert-OH is 1. The van der Waals surface area contributed by atoms with Crippen molar-refractivity contribution in [1.82, 2.24) is 4.90 Å². The van der Waals surface area contributed by atoms with E-state index in [4.69, 9.17) is 9.47 Å². The summed E-state index contributed by atoms with van der Waals surface area (Å²) in [6, 6.07) is 4.26. The molecule has 3 aliphatic heterocycles. The number of benzene rings is 1. The Morgan fingerprint density at radius 2 is 2.10 bits per heavy atom. The summed E-state index contributed by atoms with van der Waals surface area (Å²) in [7, 11) is 0. The Hall–Kier alpha value is -1.78. The topological polar surface area (TPSA) is 41.9 Å². The maximum Gasteiger partial charge on any atom is 0.231 e. The van der Waals surface area contributed by atoms with Gasteiger partial charge in [0, 0.05) is 19.5 Å². The highest BCUT2D eigenvalue weighted by Gasteiger charge is 2.50. The second-order valence-corrected chi connectivity index (χ2v) is 6.21. The first-order chi connectivity index (χ1) is 10.3. The first-order valence-electron chi connectivity index (χ1n) is 7.52. The van der Waals surface area contributed by atoms with E-state index < -0.39 is 0 Å². The minimum absolute atomic E-state index is 0.178. The summed E-state index contributed by atoms with van der Waals surface area (Å²) in [5.41, 5.74) is 3.74. The van der Waals surface area contributed by atoms with Crippen molar-refractivity contribution in [3.63, 3.8) is 0 Å². The quantitative estimate of drug-likeness (QED) is 0.787. The monoisotopic (exact) mass is 283 g/mol. The Balaban J connectivity index is 1.75. The molecule has 21 heavy (non-hydrogen) atoms. The predicted octanol–water partition coefficient (Wildman–Crippen LogP) is 1.73. The molecule has 108 valence electrons. The molecule has 1 aromatic rings. The van der Waals surface area contributed by atoms with Crippen LogP contribution in [0.25, 0.3) is 0 Å². The Morgan fingerprint density at radius 3 is 3.00 bits per heavy atom. The van der Waals surface area contributed by atoms with E-state index in [-0.39, 0.29) is 11.6 Å². The molecule has 0 amide bonds. The summed E-state index contributed by atoms with van der Waals surface area (Å²) in [4.78, 5) is 2.49. The molecule has 3 heterocycles. The molecule has 1 spiro atoms. The van der Waals surface area contributed by atoms with Crippen LogP contribution in [0.5, 0.6) is 11.5 Å². The van der Waals surface area contributed by atoms with Crippen molar-refractivity contribution in [2.24, 2.45) is 0 Å². The predicted molar refractivity (Wildman–Crippen MR) is 77.4 cm³/mol. The lowest BCUT2D eigenvalue weighted by Gasteiger charge is -2.47. The van der Waals surface area contributed by atoms with Crippen LogP contribution in [0.2, 0.25) is 0 Å². The number of nitrogens with zero attached hydrogens (tertiary/aromatic N) is 1. The molecule has 0 fully saturated rings. The Bertz CT molecular complexity index is 694. The van der Waals surface area contributed by atoms with Gasteiger partial charge in [0.05, 0.1) is 11.6 Å². The van der Waals surface area contributed by atoms with Crippen molar-refractivity contribution in [2.75, 3.05) is 19.9 Å².